The minimum atomic E-state index is 0.0580. The van der Waals surface area contributed by atoms with Gasteiger partial charge in [-0.2, -0.15) is 0 Å². The van der Waals surface area contributed by atoms with Gasteiger partial charge in [0.25, 0.3) is 0 Å². The number of nitrogens with zero attached hydrogens (tertiary/aromatic N) is 1. The second-order valence-corrected chi connectivity index (χ2v) is 3.46. The third kappa shape index (κ3) is 3.42. The molecule has 0 aromatic carbocycles. The van der Waals surface area contributed by atoms with Crippen molar-refractivity contribution in [2.75, 3.05) is 19.8 Å². The van der Waals surface area contributed by atoms with Crippen LogP contribution in [-0.2, 0) is 9.53 Å². The molecule has 0 saturated carbocycles. The van der Waals surface area contributed by atoms with E-state index in [1.165, 1.54) is 6.42 Å². The molecule has 0 aromatic heterocycles. The molecule has 76 valence electrons. The standard InChI is InChI=1S/C9H18N2O2/c1-8(12)6-11-5-3-2-4-9(11)13-7-10/h9H,2-7,10H2,1H3. The molecule has 0 aliphatic carbocycles. The number of ether oxygens (including phenoxy) is 1. The van der Waals surface area contributed by atoms with Crippen molar-refractivity contribution in [1.29, 1.82) is 0 Å². The van der Waals surface area contributed by atoms with Gasteiger partial charge in [0, 0.05) is 6.54 Å². The van der Waals surface area contributed by atoms with Crippen molar-refractivity contribution in [3.8, 4) is 0 Å². The summed E-state index contributed by atoms with van der Waals surface area (Å²) in [5.74, 6) is 0.188. The van der Waals surface area contributed by atoms with E-state index in [1.54, 1.807) is 6.92 Å². The summed E-state index contributed by atoms with van der Waals surface area (Å²) in [5.41, 5.74) is 5.32. The summed E-state index contributed by atoms with van der Waals surface area (Å²) in [5, 5.41) is 0. The van der Waals surface area contributed by atoms with Crippen LogP contribution in [0.1, 0.15) is 26.2 Å². The van der Waals surface area contributed by atoms with Crippen LogP contribution in [0.15, 0.2) is 0 Å². The van der Waals surface area contributed by atoms with Crippen molar-refractivity contribution < 1.29 is 9.53 Å². The maximum atomic E-state index is 10.9. The van der Waals surface area contributed by atoms with Crippen LogP contribution in [0.2, 0.25) is 0 Å². The molecule has 13 heavy (non-hydrogen) atoms. The van der Waals surface area contributed by atoms with Crippen molar-refractivity contribution in [3.05, 3.63) is 0 Å². The monoisotopic (exact) mass is 186 g/mol. The van der Waals surface area contributed by atoms with E-state index in [9.17, 15) is 4.79 Å². The van der Waals surface area contributed by atoms with Crippen LogP contribution in [-0.4, -0.2) is 36.7 Å². The predicted octanol–water partition coefficient (Wildman–Crippen LogP) is 0.320. The Hall–Kier alpha value is -0.450. The summed E-state index contributed by atoms with van der Waals surface area (Å²) < 4.78 is 5.35. The molecule has 1 rings (SSSR count). The zero-order chi connectivity index (χ0) is 9.68. The maximum absolute atomic E-state index is 10.9. The summed E-state index contributed by atoms with van der Waals surface area (Å²) in [6.45, 7) is 3.28. The van der Waals surface area contributed by atoms with E-state index < -0.39 is 0 Å². The first kappa shape index (κ1) is 10.6. The lowest BCUT2D eigenvalue weighted by molar-refractivity contribution is -0.126. The minimum Gasteiger partial charge on any atom is -0.348 e. The summed E-state index contributed by atoms with van der Waals surface area (Å²) in [6.07, 6.45) is 3.36. The Morgan fingerprint density at radius 3 is 3.00 bits per heavy atom. The fraction of sp³-hybridized carbons (Fsp3) is 0.889. The van der Waals surface area contributed by atoms with Crippen LogP contribution in [0.4, 0.5) is 0 Å². The van der Waals surface area contributed by atoms with E-state index in [0.717, 1.165) is 19.4 Å². The van der Waals surface area contributed by atoms with Crippen molar-refractivity contribution in [2.45, 2.75) is 32.4 Å². The molecule has 2 N–H and O–H groups in total. The van der Waals surface area contributed by atoms with Gasteiger partial charge in [-0.1, -0.05) is 0 Å². The molecule has 1 aliphatic rings. The number of carbonyl (C=O) groups is 1. The molecular formula is C9H18N2O2. The highest BCUT2D eigenvalue weighted by molar-refractivity contribution is 5.77. The molecule has 1 unspecified atom stereocenters. The zero-order valence-electron chi connectivity index (χ0n) is 8.16. The molecule has 4 nitrogen and oxygen atoms in total. The van der Waals surface area contributed by atoms with Crippen LogP contribution in [0.5, 0.6) is 0 Å². The fourth-order valence-corrected chi connectivity index (χ4v) is 1.73. The third-order valence-corrected chi connectivity index (χ3v) is 2.27. The van der Waals surface area contributed by atoms with Gasteiger partial charge in [0.05, 0.1) is 13.3 Å². The lowest BCUT2D eigenvalue weighted by Crippen LogP contribution is -2.44. The molecule has 1 saturated heterocycles. The summed E-state index contributed by atoms with van der Waals surface area (Å²) in [6, 6.07) is 0. The van der Waals surface area contributed by atoms with Gasteiger partial charge in [-0.05, 0) is 26.2 Å². The van der Waals surface area contributed by atoms with Crippen LogP contribution >= 0.6 is 0 Å². The topological polar surface area (TPSA) is 55.6 Å². The molecule has 0 spiro atoms. The number of hydrogen-bond acceptors (Lipinski definition) is 4. The second kappa shape index (κ2) is 5.32. The first-order valence-corrected chi connectivity index (χ1v) is 4.79. The van der Waals surface area contributed by atoms with Crippen molar-refractivity contribution in [2.24, 2.45) is 5.73 Å². The SMILES string of the molecule is CC(=O)CN1CCCCC1OCN. The van der Waals surface area contributed by atoms with Gasteiger partial charge in [0.2, 0.25) is 0 Å². The van der Waals surface area contributed by atoms with Crippen molar-refractivity contribution in [3.63, 3.8) is 0 Å². The molecule has 1 heterocycles. The lowest BCUT2D eigenvalue weighted by Gasteiger charge is -2.34. The van der Waals surface area contributed by atoms with E-state index >= 15 is 0 Å². The number of Topliss-reactive ketones (excluding diaryl/α,β-unsaturated/α-hetero) is 1. The Kier molecular flexibility index (Phi) is 4.35. The Morgan fingerprint density at radius 1 is 1.62 bits per heavy atom. The van der Waals surface area contributed by atoms with E-state index in [-0.39, 0.29) is 18.7 Å². The van der Waals surface area contributed by atoms with Gasteiger partial charge >= 0.3 is 0 Å². The fourth-order valence-electron chi connectivity index (χ4n) is 1.73. The smallest absolute Gasteiger partial charge is 0.143 e. The van der Waals surface area contributed by atoms with Gasteiger partial charge in [-0.3, -0.25) is 9.69 Å². The van der Waals surface area contributed by atoms with Gasteiger partial charge < -0.3 is 10.5 Å². The van der Waals surface area contributed by atoms with Gasteiger partial charge in [0.1, 0.15) is 12.0 Å². The average molecular weight is 186 g/mol. The molecule has 0 bridgehead atoms. The lowest BCUT2D eigenvalue weighted by atomic mass is 10.1. The molecular weight excluding hydrogens is 168 g/mol. The van der Waals surface area contributed by atoms with Gasteiger partial charge in [-0.25, -0.2) is 0 Å². The molecule has 0 amide bonds. The number of likely N-dealkylation sites (tertiary alicyclic amines) is 1. The molecule has 0 radical (unpaired) electrons. The van der Waals surface area contributed by atoms with E-state index in [0.29, 0.717) is 6.54 Å². The molecule has 1 atom stereocenters. The Morgan fingerprint density at radius 2 is 2.38 bits per heavy atom. The molecule has 1 aliphatic heterocycles. The predicted molar refractivity (Wildman–Crippen MR) is 50.0 cm³/mol. The number of rotatable bonds is 4. The van der Waals surface area contributed by atoms with E-state index in [1.807, 2.05) is 0 Å². The maximum Gasteiger partial charge on any atom is 0.143 e. The largest absolute Gasteiger partial charge is 0.348 e. The summed E-state index contributed by atoms with van der Waals surface area (Å²) in [4.78, 5) is 13.0. The zero-order valence-corrected chi connectivity index (χ0v) is 8.16. The highest BCUT2D eigenvalue weighted by Crippen LogP contribution is 2.16. The van der Waals surface area contributed by atoms with Gasteiger partial charge in [-0.15, -0.1) is 0 Å². The quantitative estimate of drug-likeness (QED) is 0.642. The highest BCUT2D eigenvalue weighted by Gasteiger charge is 2.23. The summed E-state index contributed by atoms with van der Waals surface area (Å²) in [7, 11) is 0. The molecule has 1 fully saturated rings. The minimum absolute atomic E-state index is 0.0580. The Bertz CT molecular complexity index is 171. The third-order valence-electron chi connectivity index (χ3n) is 2.27. The molecule has 4 heteroatoms. The summed E-state index contributed by atoms with van der Waals surface area (Å²) >= 11 is 0. The normalized spacial score (nSPS) is 24.6. The number of carbonyl (C=O) groups excluding carboxylic acids is 1. The number of hydrogen-bond donors (Lipinski definition) is 1. The van der Waals surface area contributed by atoms with E-state index in [4.69, 9.17) is 10.5 Å². The van der Waals surface area contributed by atoms with Gasteiger partial charge in [0.15, 0.2) is 0 Å². The average Bonchev–Trinajstić information content (AvgIpc) is 2.08. The molecule has 0 aromatic rings. The van der Waals surface area contributed by atoms with Crippen LogP contribution < -0.4 is 5.73 Å². The van der Waals surface area contributed by atoms with E-state index in [2.05, 4.69) is 4.90 Å². The Labute approximate surface area is 79.0 Å². The first-order chi connectivity index (χ1) is 6.24. The number of nitrogens with two attached hydrogens (primary N) is 1. The van der Waals surface area contributed by atoms with Crippen LogP contribution in [0.3, 0.4) is 0 Å². The second-order valence-electron chi connectivity index (χ2n) is 3.46. The van der Waals surface area contributed by atoms with Crippen molar-refractivity contribution in [1.82, 2.24) is 4.90 Å². The number of piperidine rings is 1. The van der Waals surface area contributed by atoms with Crippen molar-refractivity contribution >= 4 is 5.78 Å². The van der Waals surface area contributed by atoms with Crippen LogP contribution in [0, 0.1) is 0 Å². The highest BCUT2D eigenvalue weighted by atomic mass is 16.5. The van der Waals surface area contributed by atoms with Crippen LogP contribution in [0.25, 0.3) is 0 Å². The Balaban J connectivity index is 2.41. The first-order valence-electron chi connectivity index (χ1n) is 4.79. The number of ketones is 1.